The minimum atomic E-state index is -0.179. The molecular formula is C64H34F2S8. The molecule has 0 spiro atoms. The Labute approximate surface area is 457 Å². The van der Waals surface area contributed by atoms with E-state index in [1.165, 1.54) is 96.0 Å². The molecule has 352 valence electrons. The van der Waals surface area contributed by atoms with Crippen LogP contribution in [0.2, 0.25) is 0 Å². The molecule has 10 heteroatoms. The van der Waals surface area contributed by atoms with E-state index in [4.69, 9.17) is 0 Å². The average molecular weight is 1100 g/mol. The van der Waals surface area contributed by atoms with E-state index in [1.807, 2.05) is 62.5 Å². The van der Waals surface area contributed by atoms with Crippen molar-refractivity contribution in [1.82, 2.24) is 0 Å². The highest BCUT2D eigenvalue weighted by Crippen LogP contribution is 2.47. The molecule has 0 radical (unpaired) electrons. The van der Waals surface area contributed by atoms with Crippen molar-refractivity contribution in [3.05, 3.63) is 165 Å². The van der Waals surface area contributed by atoms with Crippen molar-refractivity contribution >= 4 is 174 Å². The first-order valence-corrected chi connectivity index (χ1v) is 30.0. The Bertz CT molecular complexity index is 4380. The lowest BCUT2D eigenvalue weighted by atomic mass is 9.90. The minimum Gasteiger partial charge on any atom is -0.195 e. The van der Waals surface area contributed by atoms with Gasteiger partial charge in [-0.2, -0.15) is 8.78 Å². The van der Waals surface area contributed by atoms with E-state index in [9.17, 15) is 8.78 Å². The number of halogens is 2. The lowest BCUT2D eigenvalue weighted by molar-refractivity contribution is 0.657. The molecule has 0 bridgehead atoms. The van der Waals surface area contributed by atoms with Crippen LogP contribution in [-0.2, 0) is 0 Å². The largest absolute Gasteiger partial charge is 0.195 e. The van der Waals surface area contributed by atoms with Gasteiger partial charge < -0.3 is 0 Å². The molecule has 0 amide bonds. The van der Waals surface area contributed by atoms with E-state index in [2.05, 4.69) is 155 Å². The molecule has 14 rings (SSSR count). The van der Waals surface area contributed by atoms with Gasteiger partial charge in [-0.1, -0.05) is 35.8 Å². The predicted octanol–water partition coefficient (Wildman–Crippen LogP) is 21.5. The number of benzene rings is 6. The van der Waals surface area contributed by atoms with Crippen LogP contribution < -0.4 is 0 Å². The number of rotatable bonds is 4. The molecule has 14 aromatic rings. The van der Waals surface area contributed by atoms with E-state index >= 15 is 0 Å². The minimum absolute atomic E-state index is 0.179. The Hall–Kier alpha value is -6.90. The second-order valence-corrected chi connectivity index (χ2v) is 25.6. The molecule has 74 heavy (non-hydrogen) atoms. The summed E-state index contributed by atoms with van der Waals surface area (Å²) in [6.45, 7) is 7.57. The number of fused-ring (bicyclic) bond motifs is 8. The third-order valence-electron chi connectivity index (χ3n) is 12.9. The van der Waals surface area contributed by atoms with Crippen LogP contribution in [0.4, 0.5) is 8.78 Å². The Morgan fingerprint density at radius 1 is 0.297 bits per heavy atom. The highest BCUT2D eigenvalue weighted by Gasteiger charge is 2.20. The third-order valence-corrected chi connectivity index (χ3v) is 21.6. The zero-order valence-electron chi connectivity index (χ0n) is 39.7. The van der Waals surface area contributed by atoms with E-state index in [0.717, 1.165) is 83.5 Å². The fraction of sp³-hybridized carbons (Fsp3) is 0.0625. The molecule has 0 saturated heterocycles. The standard InChI is InChI=1S/C32H16F2S4.C32H18S4/c1-3-5-19-21-11-17-13-29(25-7-9-31(33)37-25)36-28(17)16-24(21)20(6-4-2)22-12-18-14-30(26-8-10-32(34)38-26)35-27(18)15-23(19)22;1-3-7-21-23-13-19-15-31(27-9-5-11-33-27)36-30(19)18-26(23)22(8-4-2)24-14-20-16-32(28-10-6-12-34-28)35-29(20)17-25(21)24/h7-16H,1-2H3;5-6,9-18H,1-2H3. The van der Waals surface area contributed by atoms with Crippen molar-refractivity contribution in [2.75, 3.05) is 0 Å². The van der Waals surface area contributed by atoms with Gasteiger partial charge in [-0.05, 0) is 191 Å². The maximum absolute atomic E-state index is 13.7. The van der Waals surface area contributed by atoms with Gasteiger partial charge in [-0.25, -0.2) is 0 Å². The Balaban J connectivity index is 0.000000143. The molecule has 8 heterocycles. The second-order valence-electron chi connectivity index (χ2n) is 17.3. The molecule has 0 aliphatic rings. The Morgan fingerprint density at radius 2 is 0.581 bits per heavy atom. The topological polar surface area (TPSA) is 0 Å². The third kappa shape index (κ3) is 8.16. The molecule has 0 fully saturated rings. The van der Waals surface area contributed by atoms with Gasteiger partial charge in [0.25, 0.3) is 0 Å². The summed E-state index contributed by atoms with van der Waals surface area (Å²) in [5.41, 5.74) is 4.16. The maximum atomic E-state index is 13.7. The number of thiophene rings is 8. The first kappa shape index (κ1) is 46.9. The summed E-state index contributed by atoms with van der Waals surface area (Å²) in [5.74, 6) is 26.4. The first-order valence-electron chi connectivity index (χ1n) is 23.4. The fourth-order valence-electron chi connectivity index (χ4n) is 9.84. The monoisotopic (exact) mass is 1100 g/mol. The SMILES string of the molecule is CC#Cc1c2cc3cc(-c4ccc(F)s4)sc3cc2c(C#CC)c2cc3cc(-c4ccc(F)s4)sc3cc12.CC#Cc1c2cc3cc(-c4cccs4)sc3cc2c(C#CC)c2cc3cc(-c4cccs4)sc3cc12. The summed E-state index contributed by atoms with van der Waals surface area (Å²) in [6, 6.07) is 42.4. The first-order chi connectivity index (χ1) is 36.2. The van der Waals surface area contributed by atoms with Gasteiger partial charge >= 0.3 is 0 Å². The number of hydrogen-bond acceptors (Lipinski definition) is 8. The van der Waals surface area contributed by atoms with Crippen LogP contribution in [-0.4, -0.2) is 0 Å². The molecule has 0 atom stereocenters. The van der Waals surface area contributed by atoms with Crippen molar-refractivity contribution in [2.24, 2.45) is 0 Å². The Morgan fingerprint density at radius 3 is 0.824 bits per heavy atom. The van der Waals surface area contributed by atoms with Crippen LogP contribution >= 0.6 is 90.7 Å². The van der Waals surface area contributed by atoms with E-state index in [-0.39, 0.29) is 10.3 Å². The van der Waals surface area contributed by atoms with Crippen molar-refractivity contribution < 1.29 is 8.78 Å². The molecule has 0 saturated carbocycles. The normalized spacial score (nSPS) is 11.2. The summed E-state index contributed by atoms with van der Waals surface area (Å²) in [7, 11) is 0. The van der Waals surface area contributed by atoms with Crippen LogP contribution in [0.5, 0.6) is 0 Å². The molecule has 6 aromatic carbocycles. The lowest BCUT2D eigenvalue weighted by Gasteiger charge is -2.12. The summed E-state index contributed by atoms with van der Waals surface area (Å²) in [4.78, 5) is 9.23. The predicted molar refractivity (Wildman–Crippen MR) is 328 cm³/mol. The van der Waals surface area contributed by atoms with Crippen molar-refractivity contribution in [3.63, 3.8) is 0 Å². The van der Waals surface area contributed by atoms with Crippen LogP contribution in [0.15, 0.2) is 132 Å². The molecule has 0 N–H and O–H groups in total. The molecule has 0 unspecified atom stereocenters. The molecule has 0 aliphatic carbocycles. The number of hydrogen-bond donors (Lipinski definition) is 0. The van der Waals surface area contributed by atoms with Gasteiger partial charge in [0, 0.05) is 102 Å². The van der Waals surface area contributed by atoms with Gasteiger partial charge in [0.15, 0.2) is 10.3 Å². The van der Waals surface area contributed by atoms with Gasteiger partial charge in [0.1, 0.15) is 0 Å². The summed E-state index contributed by atoms with van der Waals surface area (Å²) < 4.78 is 32.3. The van der Waals surface area contributed by atoms with Gasteiger partial charge in [0.05, 0.1) is 0 Å². The zero-order chi connectivity index (χ0) is 50.2. The van der Waals surface area contributed by atoms with Crippen molar-refractivity contribution in [3.8, 4) is 86.4 Å². The van der Waals surface area contributed by atoms with Gasteiger partial charge in [-0.3, -0.25) is 0 Å². The van der Waals surface area contributed by atoms with Crippen LogP contribution in [0.25, 0.3) is 122 Å². The van der Waals surface area contributed by atoms with Gasteiger partial charge in [0.2, 0.25) is 0 Å². The second kappa shape index (κ2) is 19.1. The highest BCUT2D eigenvalue weighted by atomic mass is 32.1. The molecule has 0 aliphatic heterocycles. The van der Waals surface area contributed by atoms with Crippen LogP contribution in [0.1, 0.15) is 49.9 Å². The average Bonchev–Trinajstić information content (AvgIpc) is 4.26. The highest BCUT2D eigenvalue weighted by molar-refractivity contribution is 7.27. The zero-order valence-corrected chi connectivity index (χ0v) is 46.3. The summed E-state index contributed by atoms with van der Waals surface area (Å²) >= 11 is 13.0. The van der Waals surface area contributed by atoms with Crippen molar-refractivity contribution in [1.29, 1.82) is 0 Å². The van der Waals surface area contributed by atoms with E-state index in [1.54, 1.807) is 45.3 Å². The maximum Gasteiger partial charge on any atom is 0.177 e. The summed E-state index contributed by atoms with van der Waals surface area (Å²) in [5, 5.41) is 17.7. The summed E-state index contributed by atoms with van der Waals surface area (Å²) in [6.07, 6.45) is 0. The molecular weight excluding hydrogens is 1060 g/mol. The van der Waals surface area contributed by atoms with Crippen LogP contribution in [0.3, 0.4) is 0 Å². The van der Waals surface area contributed by atoms with Crippen LogP contribution in [0, 0.1) is 57.6 Å². The lowest BCUT2D eigenvalue weighted by Crippen LogP contribution is -1.90. The molecule has 0 nitrogen and oxygen atoms in total. The van der Waals surface area contributed by atoms with E-state index in [0.29, 0.717) is 0 Å². The fourth-order valence-corrected chi connectivity index (χ4v) is 17.4. The quantitative estimate of drug-likeness (QED) is 0.122. The van der Waals surface area contributed by atoms with E-state index < -0.39 is 0 Å². The molecule has 8 aromatic heterocycles. The van der Waals surface area contributed by atoms with Gasteiger partial charge in [-0.15, -0.1) is 114 Å². The smallest absolute Gasteiger partial charge is 0.177 e. The van der Waals surface area contributed by atoms with Crippen molar-refractivity contribution in [2.45, 2.75) is 27.7 Å². The Kier molecular flexibility index (Phi) is 12.1.